The molecule has 2 aromatic carbocycles. The van der Waals surface area contributed by atoms with Crippen LogP contribution in [0.15, 0.2) is 85.2 Å². The minimum absolute atomic E-state index is 0.196. The molecule has 6 heteroatoms. The molecule has 0 atom stereocenters. The first-order valence-corrected chi connectivity index (χ1v) is 10.8. The molecule has 0 saturated heterocycles. The molecule has 1 N–H and O–H groups in total. The Morgan fingerprint density at radius 2 is 1.68 bits per heavy atom. The Kier molecular flexibility index (Phi) is 7.30. The SMILES string of the molecule is COc1ccc(C=CC(=O)CC(=O)C=Cc2ccc3[nH]ccc3c2)cc1OCc1ccccn1. The van der Waals surface area contributed by atoms with Gasteiger partial charge in [-0.3, -0.25) is 14.6 Å². The van der Waals surface area contributed by atoms with Crippen molar-refractivity contribution in [3.05, 3.63) is 102 Å². The molecule has 2 aromatic heterocycles. The summed E-state index contributed by atoms with van der Waals surface area (Å²) in [5, 5.41) is 1.07. The lowest BCUT2D eigenvalue weighted by atomic mass is 10.1. The Morgan fingerprint density at radius 3 is 2.41 bits per heavy atom. The summed E-state index contributed by atoms with van der Waals surface area (Å²) in [5.41, 5.74) is 3.49. The normalized spacial score (nSPS) is 11.3. The highest BCUT2D eigenvalue weighted by atomic mass is 16.5. The first-order chi connectivity index (χ1) is 16.6. The van der Waals surface area contributed by atoms with E-state index < -0.39 is 0 Å². The van der Waals surface area contributed by atoms with E-state index in [-0.39, 0.29) is 18.0 Å². The van der Waals surface area contributed by atoms with Crippen LogP contribution in [0.3, 0.4) is 0 Å². The van der Waals surface area contributed by atoms with Crippen LogP contribution in [0.4, 0.5) is 0 Å². The number of methoxy groups -OCH3 is 1. The summed E-state index contributed by atoms with van der Waals surface area (Å²) in [6, 6.07) is 18.8. The fourth-order valence-electron chi connectivity index (χ4n) is 3.39. The number of H-pyrrole nitrogens is 1. The lowest BCUT2D eigenvalue weighted by Gasteiger charge is -2.11. The van der Waals surface area contributed by atoms with E-state index in [4.69, 9.17) is 9.47 Å². The molecular formula is C28H24N2O4. The van der Waals surface area contributed by atoms with Gasteiger partial charge in [0.1, 0.15) is 6.61 Å². The van der Waals surface area contributed by atoms with Crippen LogP contribution in [-0.2, 0) is 16.2 Å². The van der Waals surface area contributed by atoms with E-state index in [1.807, 2.05) is 54.7 Å². The first-order valence-electron chi connectivity index (χ1n) is 10.8. The lowest BCUT2D eigenvalue weighted by Crippen LogP contribution is -2.02. The Labute approximate surface area is 197 Å². The van der Waals surface area contributed by atoms with Gasteiger partial charge in [0.05, 0.1) is 19.2 Å². The number of hydrogen-bond donors (Lipinski definition) is 1. The summed E-state index contributed by atoms with van der Waals surface area (Å²) in [5.74, 6) is 0.596. The topological polar surface area (TPSA) is 81.3 Å². The number of nitrogens with one attached hydrogen (secondary N) is 1. The average Bonchev–Trinajstić information content (AvgIpc) is 3.33. The number of pyridine rings is 1. The minimum Gasteiger partial charge on any atom is -0.493 e. The van der Waals surface area contributed by atoms with Crippen molar-refractivity contribution >= 4 is 34.6 Å². The molecule has 4 rings (SSSR count). The Balaban J connectivity index is 1.35. The molecular weight excluding hydrogens is 428 g/mol. The second-order valence-electron chi connectivity index (χ2n) is 7.62. The van der Waals surface area contributed by atoms with Gasteiger partial charge in [-0.25, -0.2) is 0 Å². The van der Waals surface area contributed by atoms with Gasteiger partial charge in [-0.05, 0) is 71.1 Å². The van der Waals surface area contributed by atoms with Crippen molar-refractivity contribution in [1.82, 2.24) is 9.97 Å². The molecule has 0 radical (unpaired) electrons. The summed E-state index contributed by atoms with van der Waals surface area (Å²) in [7, 11) is 1.57. The molecule has 0 aliphatic carbocycles. The van der Waals surface area contributed by atoms with E-state index in [9.17, 15) is 9.59 Å². The number of carbonyl (C=O) groups is 2. The number of ether oxygens (including phenoxy) is 2. The molecule has 170 valence electrons. The number of aromatic nitrogens is 2. The molecule has 6 nitrogen and oxygen atoms in total. The van der Waals surface area contributed by atoms with Gasteiger partial charge >= 0.3 is 0 Å². The Hall–Kier alpha value is -4.45. The van der Waals surface area contributed by atoms with Crippen LogP contribution < -0.4 is 9.47 Å². The fraction of sp³-hybridized carbons (Fsp3) is 0.107. The van der Waals surface area contributed by atoms with Gasteiger partial charge in [-0.15, -0.1) is 0 Å². The van der Waals surface area contributed by atoms with E-state index in [1.54, 1.807) is 37.6 Å². The van der Waals surface area contributed by atoms with Crippen molar-refractivity contribution < 1.29 is 19.1 Å². The van der Waals surface area contributed by atoms with Crippen LogP contribution in [0.1, 0.15) is 23.2 Å². The third-order valence-electron chi connectivity index (χ3n) is 5.14. The smallest absolute Gasteiger partial charge is 0.163 e. The van der Waals surface area contributed by atoms with Gasteiger partial charge in [-0.1, -0.05) is 30.4 Å². The van der Waals surface area contributed by atoms with Gasteiger partial charge in [0.15, 0.2) is 23.1 Å². The van der Waals surface area contributed by atoms with Crippen LogP contribution in [0.25, 0.3) is 23.1 Å². The van der Waals surface area contributed by atoms with E-state index in [0.717, 1.165) is 27.7 Å². The number of fused-ring (bicyclic) bond motifs is 1. The summed E-state index contributed by atoms with van der Waals surface area (Å²) in [6.45, 7) is 0.293. The second-order valence-corrected chi connectivity index (χ2v) is 7.62. The number of aromatic amines is 1. The second kappa shape index (κ2) is 10.9. The molecule has 4 aromatic rings. The zero-order chi connectivity index (χ0) is 23.8. The molecule has 0 aliphatic rings. The fourth-order valence-corrected chi connectivity index (χ4v) is 3.39. The predicted octanol–water partition coefficient (Wildman–Crippen LogP) is 5.41. The van der Waals surface area contributed by atoms with Crippen LogP contribution >= 0.6 is 0 Å². The van der Waals surface area contributed by atoms with Crippen molar-refractivity contribution in [2.75, 3.05) is 7.11 Å². The molecule has 0 spiro atoms. The number of rotatable bonds is 10. The van der Waals surface area contributed by atoms with Crippen LogP contribution in [-0.4, -0.2) is 28.6 Å². The Morgan fingerprint density at radius 1 is 0.912 bits per heavy atom. The maximum absolute atomic E-state index is 12.3. The summed E-state index contributed by atoms with van der Waals surface area (Å²) in [4.78, 5) is 31.9. The van der Waals surface area contributed by atoms with E-state index in [1.165, 1.54) is 12.2 Å². The highest BCUT2D eigenvalue weighted by Gasteiger charge is 2.07. The highest BCUT2D eigenvalue weighted by Crippen LogP contribution is 2.29. The molecule has 34 heavy (non-hydrogen) atoms. The van der Waals surface area contributed by atoms with Gasteiger partial charge in [0.2, 0.25) is 0 Å². The number of carbonyl (C=O) groups excluding carboxylic acids is 2. The van der Waals surface area contributed by atoms with Crippen molar-refractivity contribution in [2.24, 2.45) is 0 Å². The molecule has 0 saturated carbocycles. The largest absolute Gasteiger partial charge is 0.493 e. The van der Waals surface area contributed by atoms with Crippen LogP contribution in [0, 0.1) is 0 Å². The van der Waals surface area contributed by atoms with E-state index >= 15 is 0 Å². The van der Waals surface area contributed by atoms with Crippen molar-refractivity contribution in [3.63, 3.8) is 0 Å². The van der Waals surface area contributed by atoms with Crippen molar-refractivity contribution in [3.8, 4) is 11.5 Å². The van der Waals surface area contributed by atoms with E-state index in [2.05, 4.69) is 9.97 Å². The summed E-state index contributed by atoms with van der Waals surface area (Å²) in [6.07, 6.45) is 9.61. The standard InChI is InChI=1S/C28H24N2O4/c1-33-27-12-8-21(17-28(27)34-19-23-4-2-3-14-29-23)6-10-25(32)18-24(31)9-5-20-7-11-26-22(16-20)13-15-30-26/h2-17,30H,18-19H2,1H3. The van der Waals surface area contributed by atoms with Crippen LogP contribution in [0.5, 0.6) is 11.5 Å². The first kappa shape index (κ1) is 22.7. The Bertz CT molecular complexity index is 1350. The van der Waals surface area contributed by atoms with Gasteiger partial charge in [0, 0.05) is 17.9 Å². The van der Waals surface area contributed by atoms with Crippen LogP contribution in [0.2, 0.25) is 0 Å². The monoisotopic (exact) mass is 452 g/mol. The van der Waals surface area contributed by atoms with Crippen molar-refractivity contribution in [2.45, 2.75) is 13.0 Å². The maximum Gasteiger partial charge on any atom is 0.163 e. The quantitative estimate of drug-likeness (QED) is 0.257. The molecule has 0 amide bonds. The molecule has 0 aliphatic heterocycles. The minimum atomic E-state index is -0.275. The molecule has 0 bridgehead atoms. The zero-order valence-corrected chi connectivity index (χ0v) is 18.7. The highest BCUT2D eigenvalue weighted by molar-refractivity contribution is 6.11. The number of nitrogens with zero attached hydrogens (tertiary/aromatic N) is 1. The van der Waals surface area contributed by atoms with Gasteiger partial charge < -0.3 is 14.5 Å². The third kappa shape index (κ3) is 6.07. The number of ketones is 2. The summed E-state index contributed by atoms with van der Waals surface area (Å²) >= 11 is 0. The third-order valence-corrected chi connectivity index (χ3v) is 5.14. The van der Waals surface area contributed by atoms with Gasteiger partial charge in [-0.2, -0.15) is 0 Å². The number of hydrogen-bond acceptors (Lipinski definition) is 5. The predicted molar refractivity (Wildman–Crippen MR) is 133 cm³/mol. The van der Waals surface area contributed by atoms with Gasteiger partial charge in [0.25, 0.3) is 0 Å². The average molecular weight is 453 g/mol. The molecule has 2 heterocycles. The maximum atomic E-state index is 12.3. The number of benzene rings is 2. The number of allylic oxidation sites excluding steroid dienone is 2. The summed E-state index contributed by atoms with van der Waals surface area (Å²) < 4.78 is 11.2. The van der Waals surface area contributed by atoms with Crippen molar-refractivity contribution in [1.29, 1.82) is 0 Å². The zero-order valence-electron chi connectivity index (χ0n) is 18.7. The molecule has 0 fully saturated rings. The lowest BCUT2D eigenvalue weighted by molar-refractivity contribution is -0.121. The molecule has 0 unspecified atom stereocenters. The van der Waals surface area contributed by atoms with E-state index in [0.29, 0.717) is 18.1 Å².